The van der Waals surface area contributed by atoms with Crippen molar-refractivity contribution in [3.63, 3.8) is 0 Å². The monoisotopic (exact) mass is 257 g/mol. The number of nitrogens with zero attached hydrogens (tertiary/aromatic N) is 2. The van der Waals surface area contributed by atoms with Crippen LogP contribution in [-0.4, -0.2) is 9.38 Å². The summed E-state index contributed by atoms with van der Waals surface area (Å²) >= 11 is 6.01. The predicted octanol–water partition coefficient (Wildman–Crippen LogP) is 3.11. The summed E-state index contributed by atoms with van der Waals surface area (Å²) in [5.41, 5.74) is 8.88. The summed E-state index contributed by atoms with van der Waals surface area (Å²) in [6.45, 7) is 0.435. The summed E-state index contributed by atoms with van der Waals surface area (Å²) in [7, 11) is 0. The molecule has 0 atom stereocenters. The normalized spacial score (nSPS) is 11.0. The van der Waals surface area contributed by atoms with E-state index in [1.807, 2.05) is 47.1 Å². The molecular weight excluding hydrogens is 246 g/mol. The first kappa shape index (κ1) is 11.3. The van der Waals surface area contributed by atoms with Gasteiger partial charge in [-0.05, 0) is 35.4 Å². The van der Waals surface area contributed by atoms with Gasteiger partial charge in [-0.2, -0.15) is 0 Å². The average Bonchev–Trinajstić information content (AvgIpc) is 2.80. The van der Waals surface area contributed by atoms with Crippen LogP contribution in [0.3, 0.4) is 0 Å². The molecule has 0 radical (unpaired) electrons. The van der Waals surface area contributed by atoms with Crippen molar-refractivity contribution in [1.29, 1.82) is 0 Å². The molecule has 1 aromatic carbocycles. The minimum absolute atomic E-state index is 0.435. The minimum Gasteiger partial charge on any atom is -0.324 e. The Balaban J connectivity index is 2.14. The number of pyridine rings is 1. The number of fused-ring (bicyclic) bond motifs is 1. The van der Waals surface area contributed by atoms with Gasteiger partial charge in [0.25, 0.3) is 0 Å². The Kier molecular flexibility index (Phi) is 2.78. The second kappa shape index (κ2) is 4.44. The Labute approximate surface area is 110 Å². The van der Waals surface area contributed by atoms with E-state index >= 15 is 0 Å². The summed E-state index contributed by atoms with van der Waals surface area (Å²) < 4.78 is 1.99. The molecule has 0 saturated heterocycles. The van der Waals surface area contributed by atoms with Gasteiger partial charge in [-0.1, -0.05) is 23.7 Å². The molecule has 0 aliphatic heterocycles. The lowest BCUT2D eigenvalue weighted by Gasteiger charge is -2.04. The van der Waals surface area contributed by atoms with Crippen LogP contribution in [0.4, 0.5) is 0 Å². The third-order valence-corrected chi connectivity index (χ3v) is 3.18. The molecular formula is C14H12ClN3. The largest absolute Gasteiger partial charge is 0.324 e. The topological polar surface area (TPSA) is 43.3 Å². The second-order valence-electron chi connectivity index (χ2n) is 4.10. The van der Waals surface area contributed by atoms with Gasteiger partial charge in [0.2, 0.25) is 0 Å². The number of halogens is 1. The lowest BCUT2D eigenvalue weighted by atomic mass is 10.1. The van der Waals surface area contributed by atoms with E-state index in [0.717, 1.165) is 27.5 Å². The Bertz CT molecular complexity index is 703. The van der Waals surface area contributed by atoms with Crippen molar-refractivity contribution in [2.75, 3.05) is 0 Å². The van der Waals surface area contributed by atoms with Crippen LogP contribution >= 0.6 is 11.6 Å². The second-order valence-corrected chi connectivity index (χ2v) is 4.54. The number of hydrogen-bond donors (Lipinski definition) is 1. The van der Waals surface area contributed by atoms with Crippen molar-refractivity contribution in [1.82, 2.24) is 9.38 Å². The van der Waals surface area contributed by atoms with Crippen molar-refractivity contribution in [3.05, 3.63) is 59.6 Å². The van der Waals surface area contributed by atoms with E-state index < -0.39 is 0 Å². The maximum atomic E-state index is 6.01. The molecule has 0 unspecified atom stereocenters. The van der Waals surface area contributed by atoms with E-state index in [0.29, 0.717) is 6.54 Å². The first-order valence-electron chi connectivity index (χ1n) is 5.70. The molecule has 4 heteroatoms. The average molecular weight is 258 g/mol. The highest BCUT2D eigenvalue weighted by molar-refractivity contribution is 6.30. The Morgan fingerprint density at radius 3 is 2.78 bits per heavy atom. The number of hydrogen-bond acceptors (Lipinski definition) is 2. The summed E-state index contributed by atoms with van der Waals surface area (Å²) in [6, 6.07) is 11.9. The van der Waals surface area contributed by atoms with Crippen molar-refractivity contribution < 1.29 is 0 Å². The molecule has 2 aromatic heterocycles. The minimum atomic E-state index is 0.435. The van der Waals surface area contributed by atoms with Crippen LogP contribution in [0.25, 0.3) is 16.6 Å². The molecule has 0 amide bonds. The van der Waals surface area contributed by atoms with Crippen LogP contribution in [0.15, 0.2) is 48.8 Å². The molecule has 3 rings (SSSR count). The molecule has 18 heavy (non-hydrogen) atoms. The molecule has 0 bridgehead atoms. The third-order valence-electron chi connectivity index (χ3n) is 2.95. The number of rotatable bonds is 2. The van der Waals surface area contributed by atoms with E-state index in [2.05, 4.69) is 11.1 Å². The Hall–Kier alpha value is -1.84. The van der Waals surface area contributed by atoms with Crippen LogP contribution in [0.2, 0.25) is 5.02 Å². The fourth-order valence-corrected chi connectivity index (χ4v) is 2.24. The molecule has 90 valence electrons. The zero-order chi connectivity index (χ0) is 12.5. The lowest BCUT2D eigenvalue weighted by molar-refractivity contribution is 0.904. The van der Waals surface area contributed by atoms with Gasteiger partial charge in [0.05, 0.1) is 18.3 Å². The maximum Gasteiger partial charge on any atom is 0.127 e. The fraction of sp³-hybridized carbons (Fsp3) is 0.0714. The maximum absolute atomic E-state index is 6.01. The van der Waals surface area contributed by atoms with Crippen molar-refractivity contribution >= 4 is 17.1 Å². The first-order chi connectivity index (χ1) is 8.78. The van der Waals surface area contributed by atoms with Crippen molar-refractivity contribution in [2.24, 2.45) is 5.73 Å². The first-order valence-corrected chi connectivity index (χ1v) is 6.08. The summed E-state index contributed by atoms with van der Waals surface area (Å²) in [6.07, 6.45) is 3.82. The molecule has 0 fully saturated rings. The summed E-state index contributed by atoms with van der Waals surface area (Å²) in [5, 5.41) is 0.739. The van der Waals surface area contributed by atoms with Gasteiger partial charge >= 0.3 is 0 Å². The van der Waals surface area contributed by atoms with Crippen LogP contribution in [0.5, 0.6) is 0 Å². The molecule has 0 aliphatic carbocycles. The number of nitrogens with two attached hydrogens (primary N) is 1. The molecule has 2 heterocycles. The van der Waals surface area contributed by atoms with Gasteiger partial charge in [0.15, 0.2) is 0 Å². The van der Waals surface area contributed by atoms with Crippen molar-refractivity contribution in [2.45, 2.75) is 6.54 Å². The highest BCUT2D eigenvalue weighted by atomic mass is 35.5. The van der Waals surface area contributed by atoms with E-state index in [4.69, 9.17) is 17.3 Å². The predicted molar refractivity (Wildman–Crippen MR) is 73.5 cm³/mol. The van der Waals surface area contributed by atoms with E-state index in [9.17, 15) is 0 Å². The van der Waals surface area contributed by atoms with Gasteiger partial charge in [0.1, 0.15) is 5.82 Å². The summed E-state index contributed by atoms with van der Waals surface area (Å²) in [5.74, 6) is 0.864. The molecule has 0 saturated carbocycles. The van der Waals surface area contributed by atoms with Gasteiger partial charge in [0, 0.05) is 11.2 Å². The zero-order valence-electron chi connectivity index (χ0n) is 9.68. The van der Waals surface area contributed by atoms with Gasteiger partial charge in [-0.25, -0.2) is 4.98 Å². The highest BCUT2D eigenvalue weighted by Gasteiger charge is 2.04. The molecule has 0 aliphatic rings. The van der Waals surface area contributed by atoms with E-state index in [-0.39, 0.29) is 0 Å². The molecule has 3 nitrogen and oxygen atoms in total. The molecule has 2 N–H and O–H groups in total. The smallest absolute Gasteiger partial charge is 0.127 e. The third kappa shape index (κ3) is 1.88. The lowest BCUT2D eigenvalue weighted by Crippen LogP contribution is -2.02. The van der Waals surface area contributed by atoms with Crippen LogP contribution in [0.1, 0.15) is 5.82 Å². The Morgan fingerprint density at radius 2 is 2.00 bits per heavy atom. The van der Waals surface area contributed by atoms with Gasteiger partial charge in [-0.3, -0.25) is 0 Å². The molecule has 3 aromatic rings. The van der Waals surface area contributed by atoms with Crippen LogP contribution in [0, 0.1) is 0 Å². The van der Waals surface area contributed by atoms with Gasteiger partial charge < -0.3 is 10.1 Å². The number of aromatic nitrogens is 2. The zero-order valence-corrected chi connectivity index (χ0v) is 10.4. The number of benzene rings is 1. The van der Waals surface area contributed by atoms with E-state index in [1.165, 1.54) is 0 Å². The van der Waals surface area contributed by atoms with Gasteiger partial charge in [-0.15, -0.1) is 0 Å². The standard InChI is InChI=1S/C14H12ClN3/c15-12-3-1-2-10(6-12)11-4-5-18-13(7-11)9-17-14(18)8-16/h1-7,9H,8,16H2. The fourth-order valence-electron chi connectivity index (χ4n) is 2.05. The van der Waals surface area contributed by atoms with Crippen LogP contribution < -0.4 is 5.73 Å². The van der Waals surface area contributed by atoms with E-state index in [1.54, 1.807) is 0 Å². The number of imidazole rings is 1. The SMILES string of the molecule is NCc1ncc2cc(-c3cccc(Cl)c3)ccn12. The molecule has 0 spiro atoms. The Morgan fingerprint density at radius 1 is 1.17 bits per heavy atom. The van der Waals surface area contributed by atoms with Crippen molar-refractivity contribution in [3.8, 4) is 11.1 Å². The van der Waals surface area contributed by atoms with Crippen LogP contribution in [-0.2, 0) is 6.54 Å². The summed E-state index contributed by atoms with van der Waals surface area (Å²) in [4.78, 5) is 4.28. The quantitative estimate of drug-likeness (QED) is 0.767. The highest BCUT2D eigenvalue weighted by Crippen LogP contribution is 2.24.